The van der Waals surface area contributed by atoms with Gasteiger partial charge in [-0.25, -0.2) is 9.78 Å². The third-order valence-corrected chi connectivity index (χ3v) is 1.98. The van der Waals surface area contributed by atoms with Crippen molar-refractivity contribution in [3.05, 3.63) is 23.0 Å². The molecular formula is C9H11ClN4O3. The molecule has 17 heavy (non-hydrogen) atoms. The number of nitrogens with one attached hydrogen (secondary N) is 1. The average molecular weight is 259 g/mol. The lowest BCUT2D eigenvalue weighted by Crippen LogP contribution is -2.29. The Balaban J connectivity index is 2.52. The van der Waals surface area contributed by atoms with Crippen molar-refractivity contribution in [2.45, 2.75) is 0 Å². The molecule has 8 heteroatoms. The zero-order chi connectivity index (χ0) is 12.8. The van der Waals surface area contributed by atoms with Crippen molar-refractivity contribution in [1.29, 1.82) is 0 Å². The first-order valence-electron chi connectivity index (χ1n) is 4.62. The van der Waals surface area contributed by atoms with Crippen LogP contribution >= 0.6 is 11.6 Å². The highest BCUT2D eigenvalue weighted by Crippen LogP contribution is 2.14. The summed E-state index contributed by atoms with van der Waals surface area (Å²) in [5, 5.41) is 2.65. The molecule has 0 aliphatic rings. The molecular weight excluding hydrogens is 248 g/mol. The van der Waals surface area contributed by atoms with Crippen molar-refractivity contribution >= 4 is 29.3 Å². The van der Waals surface area contributed by atoms with E-state index in [1.165, 1.54) is 12.3 Å². The second kappa shape index (κ2) is 5.90. The Morgan fingerprint density at radius 3 is 2.88 bits per heavy atom. The molecule has 2 amide bonds. The topological polar surface area (TPSA) is 120 Å². The number of pyridine rings is 1. The number of ether oxygens (including phenoxy) is 1. The number of nitrogens with zero attached hydrogens (tertiary/aromatic N) is 1. The number of rotatable bonds is 4. The summed E-state index contributed by atoms with van der Waals surface area (Å²) in [5.41, 5.74) is 10.7. The minimum absolute atomic E-state index is 0.0141. The fourth-order valence-electron chi connectivity index (χ4n) is 1.05. The van der Waals surface area contributed by atoms with Crippen LogP contribution in [0.1, 0.15) is 10.4 Å². The molecule has 0 aromatic carbocycles. The Kier molecular flexibility index (Phi) is 4.53. The number of carbonyl (C=O) groups excluding carboxylic acids is 2. The largest absolute Gasteiger partial charge is 0.448 e. The highest BCUT2D eigenvalue weighted by molar-refractivity contribution is 6.29. The summed E-state index contributed by atoms with van der Waals surface area (Å²) in [7, 11) is 0. The second-order valence-electron chi connectivity index (χ2n) is 3.02. The Morgan fingerprint density at radius 2 is 2.24 bits per heavy atom. The van der Waals surface area contributed by atoms with Gasteiger partial charge in [0.25, 0.3) is 5.91 Å². The van der Waals surface area contributed by atoms with E-state index < -0.39 is 12.0 Å². The minimum atomic E-state index is -0.897. The van der Waals surface area contributed by atoms with Crippen molar-refractivity contribution in [1.82, 2.24) is 10.3 Å². The Labute approximate surface area is 102 Å². The summed E-state index contributed by atoms with van der Waals surface area (Å²) in [6.07, 6.45) is 0.391. The zero-order valence-corrected chi connectivity index (χ0v) is 9.53. The molecule has 0 radical (unpaired) electrons. The number of nitrogen functional groups attached to an aromatic ring is 1. The van der Waals surface area contributed by atoms with Crippen LogP contribution in [0.25, 0.3) is 0 Å². The molecule has 0 bridgehead atoms. The molecule has 0 unspecified atom stereocenters. The molecule has 5 N–H and O–H groups in total. The SMILES string of the molecule is NC(=O)OCCNC(=O)c1cc(Cl)ncc1N. The van der Waals surface area contributed by atoms with E-state index in [-0.39, 0.29) is 29.6 Å². The molecule has 0 fully saturated rings. The van der Waals surface area contributed by atoms with Crippen LogP contribution in [0.3, 0.4) is 0 Å². The maximum Gasteiger partial charge on any atom is 0.404 e. The number of hydrogen-bond donors (Lipinski definition) is 3. The molecule has 0 saturated heterocycles. The van der Waals surface area contributed by atoms with Gasteiger partial charge in [0.15, 0.2) is 0 Å². The predicted molar refractivity (Wildman–Crippen MR) is 61.5 cm³/mol. The number of hydrogen-bond acceptors (Lipinski definition) is 5. The molecule has 0 saturated carbocycles. The lowest BCUT2D eigenvalue weighted by atomic mass is 10.2. The van der Waals surface area contributed by atoms with Gasteiger partial charge in [0.05, 0.1) is 24.0 Å². The fourth-order valence-corrected chi connectivity index (χ4v) is 1.21. The highest BCUT2D eigenvalue weighted by atomic mass is 35.5. The molecule has 92 valence electrons. The van der Waals surface area contributed by atoms with E-state index in [2.05, 4.69) is 15.0 Å². The van der Waals surface area contributed by atoms with Crippen LogP contribution in [0.15, 0.2) is 12.3 Å². The van der Waals surface area contributed by atoms with Crippen LogP contribution in [0, 0.1) is 0 Å². The van der Waals surface area contributed by atoms with Gasteiger partial charge >= 0.3 is 6.09 Å². The van der Waals surface area contributed by atoms with Gasteiger partial charge in [-0.1, -0.05) is 11.6 Å². The fraction of sp³-hybridized carbons (Fsp3) is 0.222. The van der Waals surface area contributed by atoms with Crippen molar-refractivity contribution < 1.29 is 14.3 Å². The highest BCUT2D eigenvalue weighted by Gasteiger charge is 2.10. The average Bonchev–Trinajstić information content (AvgIpc) is 2.27. The summed E-state index contributed by atoms with van der Waals surface area (Å²) in [6, 6.07) is 1.35. The number of amides is 2. The Hall–Kier alpha value is -2.02. The van der Waals surface area contributed by atoms with Crippen LogP contribution < -0.4 is 16.8 Å². The van der Waals surface area contributed by atoms with Crippen molar-refractivity contribution in [2.75, 3.05) is 18.9 Å². The first kappa shape index (κ1) is 13.0. The summed E-state index contributed by atoms with van der Waals surface area (Å²) in [6.45, 7) is 0.112. The molecule has 1 heterocycles. The predicted octanol–water partition coefficient (Wildman–Crippen LogP) is 0.142. The van der Waals surface area contributed by atoms with Crippen molar-refractivity contribution in [3.63, 3.8) is 0 Å². The number of anilines is 1. The number of carbonyl (C=O) groups is 2. The normalized spacial score (nSPS) is 9.71. The molecule has 7 nitrogen and oxygen atoms in total. The van der Waals surface area contributed by atoms with Gasteiger partial charge in [-0.15, -0.1) is 0 Å². The van der Waals surface area contributed by atoms with Crippen molar-refractivity contribution in [3.8, 4) is 0 Å². The van der Waals surface area contributed by atoms with Crippen molar-refractivity contribution in [2.24, 2.45) is 5.73 Å². The van der Waals surface area contributed by atoms with Gasteiger partial charge in [0.2, 0.25) is 0 Å². The first-order valence-corrected chi connectivity index (χ1v) is 5.00. The third kappa shape index (κ3) is 4.15. The van der Waals surface area contributed by atoms with E-state index in [1.807, 2.05) is 0 Å². The van der Waals surface area contributed by atoms with Crippen LogP contribution in [0.5, 0.6) is 0 Å². The molecule has 0 spiro atoms. The number of nitrogens with two attached hydrogens (primary N) is 2. The molecule has 1 aromatic heterocycles. The van der Waals surface area contributed by atoms with Gasteiger partial charge in [0, 0.05) is 0 Å². The molecule has 1 aromatic rings. The van der Waals surface area contributed by atoms with Crippen LogP contribution in [0.2, 0.25) is 5.15 Å². The van der Waals surface area contributed by atoms with Gasteiger partial charge < -0.3 is 21.5 Å². The Bertz CT molecular complexity index is 438. The molecule has 0 atom stereocenters. The molecule has 1 rings (SSSR count). The van der Waals surface area contributed by atoms with E-state index >= 15 is 0 Å². The molecule has 0 aliphatic heterocycles. The molecule has 0 aliphatic carbocycles. The lowest BCUT2D eigenvalue weighted by molar-refractivity contribution is 0.0937. The minimum Gasteiger partial charge on any atom is -0.448 e. The number of halogens is 1. The zero-order valence-electron chi connectivity index (χ0n) is 8.77. The lowest BCUT2D eigenvalue weighted by Gasteiger charge is -2.07. The standard InChI is InChI=1S/C9H11ClN4O3/c10-7-3-5(6(11)4-14-7)8(15)13-1-2-17-9(12)16/h3-4H,1-2,11H2,(H2,12,16)(H,13,15). The number of primary amides is 1. The van der Waals surface area contributed by atoms with Gasteiger partial charge in [0.1, 0.15) is 11.8 Å². The maximum absolute atomic E-state index is 11.6. The van der Waals surface area contributed by atoms with Gasteiger partial charge in [-0.05, 0) is 6.07 Å². The Morgan fingerprint density at radius 1 is 1.53 bits per heavy atom. The van der Waals surface area contributed by atoms with Gasteiger partial charge in [-0.3, -0.25) is 4.79 Å². The van der Waals surface area contributed by atoms with E-state index in [4.69, 9.17) is 23.1 Å². The van der Waals surface area contributed by atoms with E-state index in [1.54, 1.807) is 0 Å². The monoisotopic (exact) mass is 258 g/mol. The van der Waals surface area contributed by atoms with Crippen LogP contribution in [-0.2, 0) is 4.74 Å². The first-order chi connectivity index (χ1) is 8.00. The third-order valence-electron chi connectivity index (χ3n) is 1.78. The number of aromatic nitrogens is 1. The van der Waals surface area contributed by atoms with Crippen LogP contribution in [-0.4, -0.2) is 30.1 Å². The second-order valence-corrected chi connectivity index (χ2v) is 3.40. The van der Waals surface area contributed by atoms with E-state index in [0.29, 0.717) is 0 Å². The smallest absolute Gasteiger partial charge is 0.404 e. The summed E-state index contributed by atoms with van der Waals surface area (Å²) in [5.74, 6) is -0.431. The van der Waals surface area contributed by atoms with E-state index in [9.17, 15) is 9.59 Å². The summed E-state index contributed by atoms with van der Waals surface area (Å²) in [4.78, 5) is 25.6. The van der Waals surface area contributed by atoms with Gasteiger partial charge in [-0.2, -0.15) is 0 Å². The summed E-state index contributed by atoms with van der Waals surface area (Å²) < 4.78 is 4.44. The summed E-state index contributed by atoms with van der Waals surface area (Å²) >= 11 is 5.63. The quantitative estimate of drug-likeness (QED) is 0.524. The maximum atomic E-state index is 11.6. The van der Waals surface area contributed by atoms with Crippen LogP contribution in [0.4, 0.5) is 10.5 Å². The van der Waals surface area contributed by atoms with E-state index in [0.717, 1.165) is 0 Å².